The van der Waals surface area contributed by atoms with Gasteiger partial charge < -0.3 is 5.73 Å². The van der Waals surface area contributed by atoms with Crippen LogP contribution in [-0.4, -0.2) is 0 Å². The van der Waals surface area contributed by atoms with Crippen molar-refractivity contribution in [1.29, 1.82) is 0 Å². The van der Waals surface area contributed by atoms with E-state index in [1.54, 1.807) is 0 Å². The molecule has 0 aromatic heterocycles. The highest BCUT2D eigenvalue weighted by molar-refractivity contribution is 5.49. The number of rotatable bonds is 7. The van der Waals surface area contributed by atoms with E-state index in [9.17, 15) is 0 Å². The summed E-state index contributed by atoms with van der Waals surface area (Å²) < 4.78 is 0. The molecule has 1 atom stereocenters. The van der Waals surface area contributed by atoms with Crippen LogP contribution in [0.5, 0.6) is 0 Å². The molecule has 0 fully saturated rings. The molecule has 0 saturated carbocycles. The quantitative estimate of drug-likeness (QED) is 0.624. The van der Waals surface area contributed by atoms with Crippen LogP contribution in [0.3, 0.4) is 0 Å². The van der Waals surface area contributed by atoms with Gasteiger partial charge in [0.15, 0.2) is 0 Å². The molecule has 2 N–H and O–H groups in total. The first-order chi connectivity index (χ1) is 9.35. The van der Waals surface area contributed by atoms with Crippen molar-refractivity contribution in [3.05, 3.63) is 29.3 Å². The van der Waals surface area contributed by atoms with E-state index in [1.165, 1.54) is 30.4 Å². The van der Waals surface area contributed by atoms with Crippen molar-refractivity contribution in [1.82, 2.24) is 0 Å². The molecule has 0 aliphatic carbocycles. The van der Waals surface area contributed by atoms with Crippen molar-refractivity contribution in [3.63, 3.8) is 0 Å². The molecule has 1 rings (SSSR count). The number of nitrogen functional groups attached to an aromatic ring is 1. The first-order valence-corrected chi connectivity index (χ1v) is 8.26. The highest BCUT2D eigenvalue weighted by atomic mass is 14.6. The van der Waals surface area contributed by atoms with Crippen molar-refractivity contribution in [2.24, 2.45) is 0 Å². The Kier molecular flexibility index (Phi) is 5.68. The second-order valence-electron chi connectivity index (χ2n) is 6.78. The van der Waals surface area contributed by atoms with Crippen molar-refractivity contribution in [3.8, 4) is 0 Å². The van der Waals surface area contributed by atoms with Gasteiger partial charge >= 0.3 is 0 Å². The summed E-state index contributed by atoms with van der Waals surface area (Å²) in [6, 6.07) is 6.79. The number of hydrogen-bond donors (Lipinski definition) is 1. The zero-order valence-electron chi connectivity index (χ0n) is 14.3. The van der Waals surface area contributed by atoms with Gasteiger partial charge in [0.05, 0.1) is 0 Å². The molecule has 1 aromatic rings. The average Bonchev–Trinajstić information content (AvgIpc) is 2.45. The topological polar surface area (TPSA) is 26.0 Å². The molecule has 0 heterocycles. The zero-order chi connectivity index (χ0) is 15.4. The lowest BCUT2D eigenvalue weighted by Gasteiger charge is -2.33. The van der Waals surface area contributed by atoms with Gasteiger partial charge in [-0.05, 0) is 59.8 Å². The van der Waals surface area contributed by atoms with Gasteiger partial charge in [0.1, 0.15) is 0 Å². The molecule has 0 saturated heterocycles. The van der Waals surface area contributed by atoms with Crippen LogP contribution < -0.4 is 5.73 Å². The average molecular weight is 275 g/mol. The van der Waals surface area contributed by atoms with Gasteiger partial charge in [0.25, 0.3) is 0 Å². The highest BCUT2D eigenvalue weighted by Gasteiger charge is 2.28. The number of benzene rings is 1. The van der Waals surface area contributed by atoms with Crippen LogP contribution in [0, 0.1) is 0 Å². The molecule has 1 aromatic carbocycles. The van der Waals surface area contributed by atoms with Gasteiger partial charge in [-0.15, -0.1) is 0 Å². The van der Waals surface area contributed by atoms with E-state index in [2.05, 4.69) is 59.7 Å². The molecule has 1 nitrogen and oxygen atoms in total. The van der Waals surface area contributed by atoms with Gasteiger partial charge in [-0.1, -0.05) is 54.0 Å². The molecule has 0 aliphatic heterocycles. The number of anilines is 1. The highest BCUT2D eigenvalue weighted by Crippen LogP contribution is 2.38. The van der Waals surface area contributed by atoms with E-state index in [-0.39, 0.29) is 10.8 Å². The number of nitrogens with two attached hydrogens (primary N) is 1. The fourth-order valence-corrected chi connectivity index (χ4v) is 3.08. The van der Waals surface area contributed by atoms with E-state index in [0.29, 0.717) is 0 Å². The van der Waals surface area contributed by atoms with Crippen LogP contribution >= 0.6 is 0 Å². The third-order valence-corrected chi connectivity index (χ3v) is 5.49. The fraction of sp³-hybridized carbons (Fsp3) is 0.684. The van der Waals surface area contributed by atoms with Crippen LogP contribution in [0.25, 0.3) is 0 Å². The van der Waals surface area contributed by atoms with E-state index in [4.69, 9.17) is 5.73 Å². The molecule has 0 aliphatic rings. The molecule has 1 heteroatoms. The lowest BCUT2D eigenvalue weighted by Crippen LogP contribution is -2.24. The van der Waals surface area contributed by atoms with E-state index >= 15 is 0 Å². The standard InChI is InChI=1S/C19H33N/c1-7-11-19(6,10-4)16-12-15(13-17(20)14-16)18(5,8-2)9-3/h12-14H,7-11,20H2,1-6H3. The SMILES string of the molecule is CCCC(C)(CC)c1cc(N)cc(C(C)(CC)CC)c1. The van der Waals surface area contributed by atoms with Crippen molar-refractivity contribution in [2.75, 3.05) is 5.73 Å². The lowest BCUT2D eigenvalue weighted by molar-refractivity contribution is 0.407. The summed E-state index contributed by atoms with van der Waals surface area (Å²) in [5.74, 6) is 0. The van der Waals surface area contributed by atoms with Gasteiger partial charge in [-0.3, -0.25) is 0 Å². The third-order valence-electron chi connectivity index (χ3n) is 5.49. The Labute approximate surface area is 126 Å². The van der Waals surface area contributed by atoms with E-state index < -0.39 is 0 Å². The summed E-state index contributed by atoms with van der Waals surface area (Å²) in [4.78, 5) is 0. The molecule has 20 heavy (non-hydrogen) atoms. The van der Waals surface area contributed by atoms with Crippen molar-refractivity contribution >= 4 is 5.69 Å². The Bertz CT molecular complexity index is 431. The maximum absolute atomic E-state index is 6.21. The molecule has 114 valence electrons. The zero-order valence-corrected chi connectivity index (χ0v) is 14.3. The summed E-state index contributed by atoms with van der Waals surface area (Å²) in [5, 5.41) is 0. The second-order valence-corrected chi connectivity index (χ2v) is 6.78. The summed E-state index contributed by atoms with van der Waals surface area (Å²) in [6.45, 7) is 13.8. The predicted molar refractivity (Wildman–Crippen MR) is 91.3 cm³/mol. The van der Waals surface area contributed by atoms with Gasteiger partial charge in [0, 0.05) is 5.69 Å². The maximum atomic E-state index is 6.21. The number of hydrogen-bond acceptors (Lipinski definition) is 1. The maximum Gasteiger partial charge on any atom is 0.0319 e. The molecule has 1 unspecified atom stereocenters. The summed E-state index contributed by atoms with van der Waals surface area (Å²) in [6.07, 6.45) is 5.92. The van der Waals surface area contributed by atoms with Gasteiger partial charge in [-0.2, -0.15) is 0 Å². The van der Waals surface area contributed by atoms with Gasteiger partial charge in [-0.25, -0.2) is 0 Å². The van der Waals surface area contributed by atoms with Crippen LogP contribution in [0.2, 0.25) is 0 Å². The smallest absolute Gasteiger partial charge is 0.0319 e. The largest absolute Gasteiger partial charge is 0.399 e. The molecule has 0 amide bonds. The monoisotopic (exact) mass is 275 g/mol. The van der Waals surface area contributed by atoms with Crippen LogP contribution in [0.15, 0.2) is 18.2 Å². The van der Waals surface area contributed by atoms with Crippen LogP contribution in [0.4, 0.5) is 5.69 Å². The normalized spacial score (nSPS) is 15.1. The third kappa shape index (κ3) is 3.37. The Morgan fingerprint density at radius 1 is 0.800 bits per heavy atom. The Hall–Kier alpha value is -0.980. The predicted octanol–water partition coefficient (Wildman–Crippen LogP) is 5.81. The Morgan fingerprint density at radius 3 is 1.65 bits per heavy atom. The van der Waals surface area contributed by atoms with E-state index in [0.717, 1.165) is 18.5 Å². The van der Waals surface area contributed by atoms with Crippen molar-refractivity contribution in [2.45, 2.75) is 84.5 Å². The second kappa shape index (κ2) is 6.65. The molecule has 0 spiro atoms. The first kappa shape index (κ1) is 17.1. The minimum absolute atomic E-state index is 0.241. The Balaban J connectivity index is 3.34. The van der Waals surface area contributed by atoms with E-state index in [1.807, 2.05) is 0 Å². The van der Waals surface area contributed by atoms with Crippen molar-refractivity contribution < 1.29 is 0 Å². The molecule has 0 bridgehead atoms. The summed E-state index contributed by atoms with van der Waals surface area (Å²) in [5.41, 5.74) is 10.5. The molecular formula is C19H33N. The summed E-state index contributed by atoms with van der Waals surface area (Å²) in [7, 11) is 0. The minimum atomic E-state index is 0.241. The first-order valence-electron chi connectivity index (χ1n) is 8.26. The van der Waals surface area contributed by atoms with Crippen LogP contribution in [0.1, 0.15) is 84.8 Å². The van der Waals surface area contributed by atoms with Gasteiger partial charge in [0.2, 0.25) is 0 Å². The lowest BCUT2D eigenvalue weighted by atomic mass is 9.72. The minimum Gasteiger partial charge on any atom is -0.399 e. The molecular weight excluding hydrogens is 242 g/mol. The Morgan fingerprint density at radius 2 is 1.25 bits per heavy atom. The van der Waals surface area contributed by atoms with Crippen LogP contribution in [-0.2, 0) is 10.8 Å². The fourth-order valence-electron chi connectivity index (χ4n) is 3.08. The summed E-state index contributed by atoms with van der Waals surface area (Å²) >= 11 is 0. The molecule has 0 radical (unpaired) electrons.